The normalized spacial score (nSPS) is 24.2. The van der Waals surface area contributed by atoms with Crippen LogP contribution in [0.15, 0.2) is 18.2 Å². The van der Waals surface area contributed by atoms with Crippen LogP contribution in [0.4, 0.5) is 0 Å². The summed E-state index contributed by atoms with van der Waals surface area (Å²) in [7, 11) is 0. The van der Waals surface area contributed by atoms with Gasteiger partial charge in [-0.2, -0.15) is 0 Å². The van der Waals surface area contributed by atoms with Gasteiger partial charge in [0.2, 0.25) is 0 Å². The first-order chi connectivity index (χ1) is 8.00. The average Bonchev–Trinajstić information content (AvgIpc) is 2.26. The Kier molecular flexibility index (Phi) is 3.82. The Morgan fingerprint density at radius 2 is 1.82 bits per heavy atom. The Morgan fingerprint density at radius 1 is 1.12 bits per heavy atom. The number of halogens is 1. The van der Waals surface area contributed by atoms with Crippen LogP contribution < -0.4 is 0 Å². The van der Waals surface area contributed by atoms with Gasteiger partial charge in [-0.1, -0.05) is 45.4 Å². The van der Waals surface area contributed by atoms with Crippen LogP contribution in [0.2, 0.25) is 5.02 Å². The van der Waals surface area contributed by atoms with Crippen LogP contribution in [0.3, 0.4) is 0 Å². The van der Waals surface area contributed by atoms with Crippen molar-refractivity contribution in [3.63, 3.8) is 0 Å². The zero-order valence-electron chi connectivity index (χ0n) is 11.3. The lowest BCUT2D eigenvalue weighted by atomic mass is 9.66. The maximum absolute atomic E-state index is 6.10. The highest BCUT2D eigenvalue weighted by Gasteiger charge is 2.33. The van der Waals surface area contributed by atoms with Crippen LogP contribution >= 0.6 is 11.6 Å². The third-order valence-electron chi connectivity index (χ3n) is 4.25. The molecule has 0 spiro atoms. The molecule has 2 rings (SSSR count). The van der Waals surface area contributed by atoms with Gasteiger partial charge in [0.25, 0.3) is 0 Å². The van der Waals surface area contributed by atoms with Crippen LogP contribution in [0, 0.1) is 17.8 Å². The number of benzene rings is 1. The summed E-state index contributed by atoms with van der Waals surface area (Å²) in [6, 6.07) is 6.48. The third kappa shape index (κ3) is 2.52. The number of rotatable bonds is 2. The number of aryl methyl sites for hydroxylation is 1. The number of fused-ring (bicyclic) bond motifs is 1. The maximum atomic E-state index is 6.10. The monoisotopic (exact) mass is 250 g/mol. The SMILES string of the molecule is CC(C)C1CCc2cc(Cl)ccc2C1C(C)C. The van der Waals surface area contributed by atoms with E-state index in [1.807, 2.05) is 0 Å². The molecule has 1 aliphatic rings. The molecule has 17 heavy (non-hydrogen) atoms. The van der Waals surface area contributed by atoms with Gasteiger partial charge < -0.3 is 0 Å². The van der Waals surface area contributed by atoms with Crippen LogP contribution in [0.25, 0.3) is 0 Å². The van der Waals surface area contributed by atoms with Crippen LogP contribution in [0.5, 0.6) is 0 Å². The van der Waals surface area contributed by atoms with Gasteiger partial charge in [0.05, 0.1) is 0 Å². The topological polar surface area (TPSA) is 0 Å². The lowest BCUT2D eigenvalue weighted by molar-refractivity contribution is 0.236. The van der Waals surface area contributed by atoms with Gasteiger partial charge in [0.1, 0.15) is 0 Å². The molecular weight excluding hydrogens is 228 g/mol. The van der Waals surface area contributed by atoms with Crippen molar-refractivity contribution in [3.8, 4) is 0 Å². The standard InChI is InChI=1S/C16H23Cl/c1-10(2)14-7-5-12-9-13(17)6-8-15(12)16(14)11(3)4/h6,8-11,14,16H,5,7H2,1-4H3. The Hall–Kier alpha value is -0.490. The second-order valence-electron chi connectivity index (χ2n) is 6.06. The van der Waals surface area contributed by atoms with Crippen molar-refractivity contribution < 1.29 is 0 Å². The lowest BCUT2D eigenvalue weighted by Gasteiger charge is -2.38. The van der Waals surface area contributed by atoms with Crippen LogP contribution in [-0.2, 0) is 6.42 Å². The molecule has 1 aromatic carbocycles. The Balaban J connectivity index is 2.42. The molecule has 2 atom stereocenters. The summed E-state index contributed by atoms with van der Waals surface area (Å²) in [6.07, 6.45) is 2.51. The fraction of sp³-hybridized carbons (Fsp3) is 0.625. The summed E-state index contributed by atoms with van der Waals surface area (Å²) in [5, 5.41) is 0.884. The van der Waals surface area contributed by atoms with E-state index in [0.29, 0.717) is 11.8 Å². The van der Waals surface area contributed by atoms with E-state index in [2.05, 4.69) is 45.9 Å². The molecule has 1 aromatic rings. The summed E-state index contributed by atoms with van der Waals surface area (Å²) in [5.41, 5.74) is 3.03. The molecule has 0 nitrogen and oxygen atoms in total. The first-order valence-electron chi connectivity index (χ1n) is 6.79. The maximum Gasteiger partial charge on any atom is 0.0408 e. The van der Waals surface area contributed by atoms with E-state index in [4.69, 9.17) is 11.6 Å². The van der Waals surface area contributed by atoms with Gasteiger partial charge in [0.15, 0.2) is 0 Å². The van der Waals surface area contributed by atoms with E-state index in [0.717, 1.165) is 16.9 Å². The van der Waals surface area contributed by atoms with Gasteiger partial charge in [-0.25, -0.2) is 0 Å². The second-order valence-corrected chi connectivity index (χ2v) is 6.50. The Labute approximate surface area is 110 Å². The molecule has 0 saturated carbocycles. The molecule has 94 valence electrons. The second kappa shape index (κ2) is 5.02. The first kappa shape index (κ1) is 13.0. The average molecular weight is 251 g/mol. The van der Waals surface area contributed by atoms with Crippen LogP contribution in [0.1, 0.15) is 51.2 Å². The summed E-state index contributed by atoms with van der Waals surface area (Å²) in [5.74, 6) is 3.01. The molecule has 0 bridgehead atoms. The molecule has 0 fully saturated rings. The molecule has 0 heterocycles. The van der Waals surface area contributed by atoms with Gasteiger partial charge >= 0.3 is 0 Å². The predicted octanol–water partition coefficient (Wildman–Crippen LogP) is 5.30. The van der Waals surface area contributed by atoms with Crippen LogP contribution in [-0.4, -0.2) is 0 Å². The molecule has 2 unspecified atom stereocenters. The fourth-order valence-corrected chi connectivity index (χ4v) is 3.64. The van der Waals surface area contributed by atoms with Crippen molar-refractivity contribution in [1.29, 1.82) is 0 Å². The summed E-state index contributed by atoms with van der Waals surface area (Å²) < 4.78 is 0. The lowest BCUT2D eigenvalue weighted by Crippen LogP contribution is -2.28. The molecular formula is C16H23Cl. The highest BCUT2D eigenvalue weighted by molar-refractivity contribution is 6.30. The summed E-state index contributed by atoms with van der Waals surface area (Å²) in [4.78, 5) is 0. The summed E-state index contributed by atoms with van der Waals surface area (Å²) in [6.45, 7) is 9.43. The van der Waals surface area contributed by atoms with Crippen molar-refractivity contribution in [3.05, 3.63) is 34.3 Å². The van der Waals surface area contributed by atoms with E-state index in [-0.39, 0.29) is 0 Å². The van der Waals surface area contributed by atoms with E-state index >= 15 is 0 Å². The van der Waals surface area contributed by atoms with Gasteiger partial charge in [0, 0.05) is 5.02 Å². The zero-order valence-corrected chi connectivity index (χ0v) is 12.1. The fourth-order valence-electron chi connectivity index (χ4n) is 3.45. The van der Waals surface area contributed by atoms with Crippen molar-refractivity contribution in [2.75, 3.05) is 0 Å². The molecule has 0 radical (unpaired) electrons. The molecule has 1 heteroatoms. The van der Waals surface area contributed by atoms with E-state index in [1.165, 1.54) is 18.4 Å². The molecule has 1 aliphatic carbocycles. The minimum Gasteiger partial charge on any atom is -0.0843 e. The zero-order chi connectivity index (χ0) is 12.6. The highest BCUT2D eigenvalue weighted by atomic mass is 35.5. The predicted molar refractivity (Wildman–Crippen MR) is 75.7 cm³/mol. The largest absolute Gasteiger partial charge is 0.0843 e. The van der Waals surface area contributed by atoms with Gasteiger partial charge in [-0.15, -0.1) is 0 Å². The van der Waals surface area contributed by atoms with Gasteiger partial charge in [-0.05, 0) is 59.8 Å². The molecule has 0 N–H and O–H groups in total. The van der Waals surface area contributed by atoms with Gasteiger partial charge in [-0.3, -0.25) is 0 Å². The van der Waals surface area contributed by atoms with E-state index in [9.17, 15) is 0 Å². The minimum atomic E-state index is 0.705. The number of hydrogen-bond acceptors (Lipinski definition) is 0. The van der Waals surface area contributed by atoms with Crippen molar-refractivity contribution in [1.82, 2.24) is 0 Å². The van der Waals surface area contributed by atoms with E-state index < -0.39 is 0 Å². The highest BCUT2D eigenvalue weighted by Crippen LogP contribution is 2.44. The van der Waals surface area contributed by atoms with Crippen molar-refractivity contribution >= 4 is 11.6 Å². The minimum absolute atomic E-state index is 0.705. The molecule has 0 aromatic heterocycles. The van der Waals surface area contributed by atoms with E-state index in [1.54, 1.807) is 5.56 Å². The third-order valence-corrected chi connectivity index (χ3v) is 4.48. The Morgan fingerprint density at radius 3 is 2.41 bits per heavy atom. The molecule has 0 saturated heterocycles. The molecule has 0 aliphatic heterocycles. The smallest absolute Gasteiger partial charge is 0.0408 e. The Bertz CT molecular complexity index is 393. The van der Waals surface area contributed by atoms with Crippen molar-refractivity contribution in [2.45, 2.75) is 46.5 Å². The first-order valence-corrected chi connectivity index (χ1v) is 7.16. The number of hydrogen-bond donors (Lipinski definition) is 0. The quantitative estimate of drug-likeness (QED) is 0.668. The molecule has 0 amide bonds. The van der Waals surface area contributed by atoms with Crippen molar-refractivity contribution in [2.24, 2.45) is 17.8 Å². The summed E-state index contributed by atoms with van der Waals surface area (Å²) >= 11 is 6.10.